The van der Waals surface area contributed by atoms with E-state index in [1.54, 1.807) is 0 Å². The van der Waals surface area contributed by atoms with E-state index in [0.717, 1.165) is 47.4 Å². The normalized spacial score (nSPS) is 11.7. The number of hydrogen-bond acceptors (Lipinski definition) is 4. The molecule has 7 heteroatoms. The standard InChI is InChI=1S/C30H25ClN6/c1-20-18-37(30-24(6-3-7-27(20)30)11-15-29-33-35-36-34-29)19-22-5-2-4-21(16-22)8-13-26-14-10-23-9-12-25(31)17-28(23)32-26/h2-10,12-14,16-18H,11,15,19H2,1H3,(H,33,34,35,36)/b13-8+. The van der Waals surface area contributed by atoms with Crippen molar-refractivity contribution in [2.24, 2.45) is 0 Å². The second-order valence-corrected chi connectivity index (χ2v) is 9.67. The smallest absolute Gasteiger partial charge is 0.174 e. The van der Waals surface area contributed by atoms with Gasteiger partial charge in [-0.05, 0) is 65.9 Å². The van der Waals surface area contributed by atoms with E-state index in [4.69, 9.17) is 16.6 Å². The molecule has 0 spiro atoms. The molecule has 6 rings (SSSR count). The molecule has 0 aliphatic rings. The third-order valence-corrected chi connectivity index (χ3v) is 6.85. The maximum atomic E-state index is 6.15. The first-order valence-electron chi connectivity index (χ1n) is 12.3. The monoisotopic (exact) mass is 504 g/mol. The number of nitrogens with zero attached hydrogens (tertiary/aromatic N) is 5. The largest absolute Gasteiger partial charge is 0.343 e. The number of aryl methyl sites for hydroxylation is 3. The van der Waals surface area contributed by atoms with E-state index in [0.29, 0.717) is 5.02 Å². The number of aromatic nitrogens is 6. The first kappa shape index (κ1) is 23.1. The van der Waals surface area contributed by atoms with Gasteiger partial charge in [-0.15, -0.1) is 10.2 Å². The van der Waals surface area contributed by atoms with E-state index in [1.165, 1.54) is 27.6 Å². The average molecular weight is 505 g/mol. The van der Waals surface area contributed by atoms with Crippen LogP contribution >= 0.6 is 11.6 Å². The lowest BCUT2D eigenvalue weighted by Gasteiger charge is -2.10. The summed E-state index contributed by atoms with van der Waals surface area (Å²) in [6, 6.07) is 25.0. The van der Waals surface area contributed by atoms with Gasteiger partial charge in [0.1, 0.15) is 0 Å². The summed E-state index contributed by atoms with van der Waals surface area (Å²) in [5, 5.41) is 17.5. The van der Waals surface area contributed by atoms with Crippen LogP contribution in [0.15, 0.2) is 79.0 Å². The quantitative estimate of drug-likeness (QED) is 0.263. The van der Waals surface area contributed by atoms with Crippen molar-refractivity contribution in [3.63, 3.8) is 0 Å². The van der Waals surface area contributed by atoms with Crippen LogP contribution in [0.5, 0.6) is 0 Å². The average Bonchev–Trinajstić information content (AvgIpc) is 3.54. The number of benzene rings is 3. The van der Waals surface area contributed by atoms with E-state index in [2.05, 4.69) is 92.9 Å². The lowest BCUT2D eigenvalue weighted by molar-refractivity contribution is 0.817. The number of tetrazole rings is 1. The van der Waals surface area contributed by atoms with Crippen LogP contribution in [0.4, 0.5) is 0 Å². The number of para-hydroxylation sites is 1. The van der Waals surface area contributed by atoms with Gasteiger partial charge in [0.2, 0.25) is 0 Å². The van der Waals surface area contributed by atoms with Crippen molar-refractivity contribution in [1.29, 1.82) is 0 Å². The highest BCUT2D eigenvalue weighted by atomic mass is 35.5. The van der Waals surface area contributed by atoms with Gasteiger partial charge in [-0.25, -0.2) is 4.98 Å². The van der Waals surface area contributed by atoms with Crippen molar-refractivity contribution < 1.29 is 0 Å². The summed E-state index contributed by atoms with van der Waals surface area (Å²) in [6.07, 6.45) is 8.00. The van der Waals surface area contributed by atoms with Crippen LogP contribution in [0.2, 0.25) is 5.02 Å². The molecule has 0 radical (unpaired) electrons. The highest BCUT2D eigenvalue weighted by molar-refractivity contribution is 6.31. The minimum Gasteiger partial charge on any atom is -0.343 e. The fourth-order valence-corrected chi connectivity index (χ4v) is 5.02. The molecule has 0 unspecified atom stereocenters. The van der Waals surface area contributed by atoms with E-state index in [-0.39, 0.29) is 0 Å². The van der Waals surface area contributed by atoms with Gasteiger partial charge in [0.25, 0.3) is 0 Å². The third kappa shape index (κ3) is 5.01. The summed E-state index contributed by atoms with van der Waals surface area (Å²) >= 11 is 6.15. The second-order valence-electron chi connectivity index (χ2n) is 9.23. The summed E-state index contributed by atoms with van der Waals surface area (Å²) in [5.41, 5.74) is 8.00. The second kappa shape index (κ2) is 9.99. The molecular weight excluding hydrogens is 480 g/mol. The Labute approximate surface area is 219 Å². The molecule has 0 atom stereocenters. The molecule has 0 aliphatic heterocycles. The predicted molar refractivity (Wildman–Crippen MR) is 149 cm³/mol. The molecule has 1 N–H and O–H groups in total. The van der Waals surface area contributed by atoms with E-state index in [9.17, 15) is 0 Å². The molecule has 3 aromatic carbocycles. The fraction of sp³-hybridized carbons (Fsp3) is 0.133. The summed E-state index contributed by atoms with van der Waals surface area (Å²) in [6.45, 7) is 2.96. The lowest BCUT2D eigenvalue weighted by Crippen LogP contribution is -2.02. The van der Waals surface area contributed by atoms with Crippen LogP contribution in [0.25, 0.3) is 34.0 Å². The molecule has 6 aromatic rings. The van der Waals surface area contributed by atoms with E-state index in [1.807, 2.05) is 30.3 Å². The Balaban J connectivity index is 1.26. The molecule has 37 heavy (non-hydrogen) atoms. The first-order chi connectivity index (χ1) is 18.1. The Bertz CT molecular complexity index is 1730. The Morgan fingerprint density at radius 1 is 0.946 bits per heavy atom. The number of H-pyrrole nitrogens is 1. The molecule has 0 saturated carbocycles. The maximum absolute atomic E-state index is 6.15. The summed E-state index contributed by atoms with van der Waals surface area (Å²) < 4.78 is 2.35. The highest BCUT2D eigenvalue weighted by Gasteiger charge is 2.12. The van der Waals surface area contributed by atoms with Gasteiger partial charge in [-0.2, -0.15) is 5.21 Å². The summed E-state index contributed by atoms with van der Waals surface area (Å²) in [4.78, 5) is 4.73. The van der Waals surface area contributed by atoms with Gasteiger partial charge < -0.3 is 4.57 Å². The third-order valence-electron chi connectivity index (χ3n) is 6.61. The highest BCUT2D eigenvalue weighted by Crippen LogP contribution is 2.27. The van der Waals surface area contributed by atoms with Gasteiger partial charge in [0.15, 0.2) is 5.82 Å². The minimum absolute atomic E-state index is 0.694. The number of rotatable bonds is 7. The Hall–Kier alpha value is -4.29. The van der Waals surface area contributed by atoms with E-state index < -0.39 is 0 Å². The molecule has 3 aromatic heterocycles. The van der Waals surface area contributed by atoms with Gasteiger partial charge >= 0.3 is 0 Å². The lowest BCUT2D eigenvalue weighted by atomic mass is 10.0. The molecule has 0 aliphatic carbocycles. The van der Waals surface area contributed by atoms with Crippen molar-refractivity contribution >= 4 is 45.6 Å². The van der Waals surface area contributed by atoms with Crippen LogP contribution in [0.3, 0.4) is 0 Å². The van der Waals surface area contributed by atoms with Crippen LogP contribution in [0.1, 0.15) is 33.8 Å². The Kier molecular flexibility index (Phi) is 6.25. The minimum atomic E-state index is 0.694. The molecule has 0 saturated heterocycles. The van der Waals surface area contributed by atoms with Gasteiger partial charge in [0.05, 0.1) is 16.7 Å². The molecule has 0 bridgehead atoms. The van der Waals surface area contributed by atoms with Crippen LogP contribution in [-0.2, 0) is 19.4 Å². The number of aromatic amines is 1. The fourth-order valence-electron chi connectivity index (χ4n) is 4.85. The Morgan fingerprint density at radius 3 is 2.73 bits per heavy atom. The zero-order valence-corrected chi connectivity index (χ0v) is 21.2. The molecule has 6 nitrogen and oxygen atoms in total. The summed E-state index contributed by atoms with van der Waals surface area (Å²) in [7, 11) is 0. The van der Waals surface area contributed by atoms with Crippen LogP contribution in [0, 0.1) is 6.92 Å². The number of nitrogens with one attached hydrogen (secondary N) is 1. The zero-order valence-electron chi connectivity index (χ0n) is 20.4. The predicted octanol–water partition coefficient (Wildman–Crippen LogP) is 6.67. The molecule has 0 fully saturated rings. The van der Waals surface area contributed by atoms with Crippen molar-refractivity contribution in [2.45, 2.75) is 26.3 Å². The number of halogens is 1. The van der Waals surface area contributed by atoms with Crippen molar-refractivity contribution in [1.82, 2.24) is 30.2 Å². The van der Waals surface area contributed by atoms with Crippen molar-refractivity contribution in [3.05, 3.63) is 118 Å². The van der Waals surface area contributed by atoms with Crippen molar-refractivity contribution in [2.75, 3.05) is 0 Å². The van der Waals surface area contributed by atoms with Crippen LogP contribution < -0.4 is 0 Å². The van der Waals surface area contributed by atoms with E-state index >= 15 is 0 Å². The van der Waals surface area contributed by atoms with Gasteiger partial charge in [-0.3, -0.25) is 0 Å². The molecule has 0 amide bonds. The van der Waals surface area contributed by atoms with Crippen molar-refractivity contribution in [3.8, 4) is 0 Å². The SMILES string of the molecule is Cc1cn(Cc2cccc(/C=C/c3ccc4ccc(Cl)cc4n3)c2)c2c(CCc3nn[nH]n3)cccc12. The number of fused-ring (bicyclic) bond motifs is 2. The number of pyridine rings is 1. The van der Waals surface area contributed by atoms with Gasteiger partial charge in [-0.1, -0.05) is 71.4 Å². The number of hydrogen-bond donors (Lipinski definition) is 1. The molecule has 182 valence electrons. The maximum Gasteiger partial charge on any atom is 0.174 e. The first-order valence-corrected chi connectivity index (χ1v) is 12.6. The van der Waals surface area contributed by atoms with Crippen LogP contribution in [-0.4, -0.2) is 30.2 Å². The summed E-state index contributed by atoms with van der Waals surface area (Å²) in [5.74, 6) is 0.732. The zero-order chi connectivity index (χ0) is 25.2. The Morgan fingerprint density at radius 2 is 1.84 bits per heavy atom. The topological polar surface area (TPSA) is 72.3 Å². The van der Waals surface area contributed by atoms with Gasteiger partial charge in [0, 0.05) is 35.0 Å². The molecule has 3 heterocycles. The molecular formula is C30H25ClN6.